The van der Waals surface area contributed by atoms with E-state index in [2.05, 4.69) is 236 Å². The first-order valence-electron chi connectivity index (χ1n) is 20.1. The van der Waals surface area contributed by atoms with E-state index in [9.17, 15) is 0 Å². The molecular formula is C48H86N6P4Pt2. The molecule has 0 unspecified atom stereocenters. The molecule has 0 atom stereocenters. The Bertz CT molecular complexity index is 1240. The van der Waals surface area contributed by atoms with Gasteiger partial charge in [0, 0.05) is 42.1 Å². The summed E-state index contributed by atoms with van der Waals surface area (Å²) in [5.74, 6) is 0. The van der Waals surface area contributed by atoms with E-state index in [-0.39, 0.29) is 42.1 Å². The number of rotatable bonds is 6. The molecule has 348 valence electrons. The van der Waals surface area contributed by atoms with Gasteiger partial charge in [-0.2, -0.15) is 0 Å². The zero-order valence-electron chi connectivity index (χ0n) is 42.1. The Hall–Kier alpha value is -0.903. The maximum Gasteiger partial charge on any atom is 0.142 e. The number of hydrogen-bond acceptors (Lipinski definition) is 6. The van der Waals surface area contributed by atoms with Crippen LogP contribution >= 0.6 is 32.3 Å². The van der Waals surface area contributed by atoms with Gasteiger partial charge in [-0.05, 0) is 190 Å². The van der Waals surface area contributed by atoms with Gasteiger partial charge in [0.1, 0.15) is 43.7 Å². The van der Waals surface area contributed by atoms with E-state index in [4.69, 9.17) is 47.3 Å². The van der Waals surface area contributed by atoms with Crippen LogP contribution in [0.25, 0.3) is 0 Å². The maximum absolute atomic E-state index is 6.25. The summed E-state index contributed by atoms with van der Waals surface area (Å²) in [7, 11) is -3.41. The Morgan fingerprint density at radius 2 is 0.400 bits per heavy atom. The van der Waals surface area contributed by atoms with Crippen molar-refractivity contribution in [2.75, 3.05) is 8.88 Å². The van der Waals surface area contributed by atoms with Gasteiger partial charge >= 0.3 is 0 Å². The molecule has 0 aliphatic rings. The van der Waals surface area contributed by atoms with Gasteiger partial charge in [0.2, 0.25) is 0 Å². The molecule has 0 aromatic heterocycles. The summed E-state index contributed by atoms with van der Waals surface area (Å²) >= 11 is 0. The molecule has 0 radical (unpaired) electrons. The Morgan fingerprint density at radius 3 is 0.500 bits per heavy atom. The van der Waals surface area contributed by atoms with Crippen LogP contribution in [0, 0.1) is 47.3 Å². The average Bonchev–Trinajstić information content (AvgIpc) is 3.04. The van der Waals surface area contributed by atoms with Gasteiger partial charge in [-0.15, -0.1) is 8.88 Å². The zero-order valence-corrected chi connectivity index (χ0v) is 50.6. The molecule has 0 aliphatic heterocycles. The van der Waals surface area contributed by atoms with Crippen molar-refractivity contribution in [1.29, 1.82) is 21.0 Å². The second-order valence-electron chi connectivity index (χ2n) is 22.7. The molecule has 0 amide bonds. The van der Waals surface area contributed by atoms with Crippen LogP contribution in [-0.4, -0.2) is 41.2 Å². The Labute approximate surface area is 407 Å². The van der Waals surface area contributed by atoms with E-state index in [0.29, 0.717) is 41.2 Å². The third-order valence-corrected chi connectivity index (χ3v) is 25.5. The fraction of sp³-hybridized carbons (Fsp3) is 0.667. The number of hydrogen-bond donors (Lipinski definition) is 0. The van der Waals surface area contributed by atoms with Crippen LogP contribution in [0.15, 0.2) is 60.7 Å². The molecule has 0 N–H and O–H groups in total. The molecule has 0 heterocycles. The molecule has 2 aromatic carbocycles. The molecule has 0 spiro atoms. The topological polar surface area (TPSA) is 102 Å². The van der Waals surface area contributed by atoms with Crippen LogP contribution in [0.4, 0.5) is 11.4 Å². The molecule has 0 bridgehead atoms. The van der Waals surface area contributed by atoms with Gasteiger partial charge in [0.05, 0.1) is 41.2 Å². The summed E-state index contributed by atoms with van der Waals surface area (Å²) in [5.41, 5.74) is 2.86. The van der Waals surface area contributed by atoms with Gasteiger partial charge < -0.3 is 47.3 Å². The van der Waals surface area contributed by atoms with Crippen molar-refractivity contribution in [2.24, 2.45) is 0 Å². The normalized spacial score (nSPS) is 12.1. The third-order valence-electron chi connectivity index (χ3n) is 8.61. The quantitative estimate of drug-likeness (QED) is 0.211. The molecule has 0 fully saturated rings. The first-order valence-corrected chi connectivity index (χ1v) is 25.8. The largest absolute Gasteiger partial charge is 0.512 e. The van der Waals surface area contributed by atoms with Gasteiger partial charge in [-0.25, -0.2) is 0 Å². The minimum Gasteiger partial charge on any atom is -0.512 e. The van der Waals surface area contributed by atoms with Gasteiger partial charge in [0.15, 0.2) is 0 Å². The summed E-state index contributed by atoms with van der Waals surface area (Å²) in [6.45, 7) is 77.8. The number of benzene rings is 2. The van der Waals surface area contributed by atoms with Crippen LogP contribution in [0.3, 0.4) is 0 Å². The Balaban J connectivity index is -0.000000202. The molecule has 60 heavy (non-hydrogen) atoms. The maximum atomic E-state index is 6.25. The Morgan fingerprint density at radius 1 is 0.283 bits per heavy atom. The van der Waals surface area contributed by atoms with Crippen molar-refractivity contribution in [3.8, 4) is 0 Å². The van der Waals surface area contributed by atoms with Crippen molar-refractivity contribution in [3.63, 3.8) is 0 Å². The average molecular weight is 1260 g/mol. The van der Waals surface area contributed by atoms with Crippen molar-refractivity contribution in [3.05, 3.63) is 87.0 Å². The molecule has 2 aromatic rings. The summed E-state index contributed by atoms with van der Waals surface area (Å²) in [4.78, 5) is 0. The number of para-hydroxylation sites is 2. The molecule has 12 heteroatoms. The summed E-state index contributed by atoms with van der Waals surface area (Å²) in [5, 5.41) is 27.4. The molecule has 0 saturated carbocycles. The third kappa shape index (κ3) is 23.7. The van der Waals surface area contributed by atoms with Crippen LogP contribution in [0.1, 0.15) is 166 Å². The fourth-order valence-corrected chi connectivity index (χ4v) is 34.9. The standard InChI is InChI=1S/2C22H41NP2.4CN.2Pt/c2*1-19(2,3)24(20(4,5)6)23(18-16-14-13-15-17-18)25(21(7,8)9)22(10,11)12;4*1-2;;/h2*13-17H,1-12H3;;;;;;/q;;4*-1;;/p+4. The van der Waals surface area contributed by atoms with Crippen LogP contribution in [-0.2, 0) is 42.1 Å². The minimum absolute atomic E-state index is 0. The summed E-state index contributed by atoms with van der Waals surface area (Å²) in [6, 6.07) is 22.5. The van der Waals surface area contributed by atoms with E-state index >= 15 is 0 Å². The molecule has 6 nitrogen and oxygen atoms in total. The molecule has 0 saturated heterocycles. The predicted octanol–water partition coefficient (Wildman–Crippen LogP) is 16.3. The van der Waals surface area contributed by atoms with Crippen molar-refractivity contribution in [1.82, 2.24) is 0 Å². The zero-order chi connectivity index (χ0) is 47.7. The van der Waals surface area contributed by atoms with E-state index in [1.54, 1.807) is 0 Å². The van der Waals surface area contributed by atoms with Crippen LogP contribution in [0.5, 0.6) is 0 Å². The number of nitrogens with zero attached hydrogens (tertiary/aromatic N) is 6. The minimum atomic E-state index is -0.851. The second-order valence-corrected chi connectivity index (χ2v) is 40.2. The smallest absolute Gasteiger partial charge is 0.142 e. The molecule has 2 rings (SSSR count). The fourth-order valence-electron chi connectivity index (χ4n) is 9.08. The van der Waals surface area contributed by atoms with Gasteiger partial charge in [-0.1, -0.05) is 36.4 Å². The second kappa shape index (κ2) is 28.8. The van der Waals surface area contributed by atoms with Crippen molar-refractivity contribution in [2.45, 2.75) is 207 Å². The van der Waals surface area contributed by atoms with Crippen LogP contribution < -0.4 is 8.88 Å². The van der Waals surface area contributed by atoms with E-state index < -0.39 is 32.3 Å². The van der Waals surface area contributed by atoms with Crippen LogP contribution in [0.2, 0.25) is 0 Å². The van der Waals surface area contributed by atoms with E-state index in [1.165, 1.54) is 11.4 Å². The monoisotopic (exact) mass is 1260 g/mol. The van der Waals surface area contributed by atoms with Crippen molar-refractivity contribution >= 4 is 43.7 Å². The predicted molar refractivity (Wildman–Crippen MR) is 269 cm³/mol. The first-order chi connectivity index (χ1) is 25.9. The molecule has 0 aliphatic carbocycles. The summed E-state index contributed by atoms with van der Waals surface area (Å²) in [6.07, 6.45) is 0. The number of anilines is 2. The van der Waals surface area contributed by atoms with Gasteiger partial charge in [0.25, 0.3) is 0 Å². The van der Waals surface area contributed by atoms with E-state index in [0.717, 1.165) is 0 Å². The van der Waals surface area contributed by atoms with E-state index in [1.807, 2.05) is 0 Å². The van der Waals surface area contributed by atoms with Crippen molar-refractivity contribution < 1.29 is 42.1 Å². The Kier molecular flexibility index (Phi) is 34.0. The van der Waals surface area contributed by atoms with Gasteiger partial charge in [-0.3, -0.25) is 0 Å². The first kappa shape index (κ1) is 70.8. The SMILES string of the molecule is CC(C)(C)[PH+](N(c1ccccc1)[PH+](C(C)(C)C)C(C)(C)C)C(C)(C)C.CC(C)(C)[PH+](N(c1ccccc1)[PH+](C(C)(C)C)C(C)(C)C)C(C)(C)C.[C-]#N.[C-]#N.[C-]#N.[C-]#N.[Pt].[Pt]. The summed E-state index contributed by atoms with van der Waals surface area (Å²) < 4.78 is 5.91. The molecular weight excluding hydrogens is 1170 g/mol.